The number of hydrogen-bond acceptors (Lipinski definition) is 4. The molecular formula is C15H14N2O4S. The van der Waals surface area contributed by atoms with Crippen molar-refractivity contribution < 1.29 is 13.3 Å². The summed E-state index contributed by atoms with van der Waals surface area (Å²) in [6, 6.07) is 14.0. The molecule has 2 aromatic carbocycles. The Morgan fingerprint density at radius 2 is 1.82 bits per heavy atom. The van der Waals surface area contributed by atoms with E-state index in [9.17, 15) is 18.5 Å². The third-order valence-electron chi connectivity index (χ3n) is 3.71. The van der Waals surface area contributed by atoms with Crippen molar-refractivity contribution in [3.05, 3.63) is 75.3 Å². The second-order valence-corrected chi connectivity index (χ2v) is 7.15. The maximum absolute atomic E-state index is 12.4. The molecule has 0 radical (unpaired) electrons. The van der Waals surface area contributed by atoms with Crippen LogP contribution in [0.1, 0.15) is 16.7 Å². The van der Waals surface area contributed by atoms with E-state index in [2.05, 4.69) is 0 Å². The minimum Gasteiger partial charge on any atom is -0.258 e. The number of nitrogens with zero attached hydrogens (tertiary/aromatic N) is 2. The monoisotopic (exact) mass is 318 g/mol. The van der Waals surface area contributed by atoms with E-state index >= 15 is 0 Å². The molecule has 1 heterocycles. The number of hydrogen-bond donors (Lipinski definition) is 0. The lowest BCUT2D eigenvalue weighted by atomic mass is 10.1. The van der Waals surface area contributed by atoms with Gasteiger partial charge < -0.3 is 0 Å². The molecule has 6 nitrogen and oxygen atoms in total. The van der Waals surface area contributed by atoms with Crippen molar-refractivity contribution in [2.24, 2.45) is 0 Å². The zero-order valence-electron chi connectivity index (χ0n) is 11.7. The maximum Gasteiger partial charge on any atom is 0.273 e. The van der Waals surface area contributed by atoms with E-state index in [4.69, 9.17) is 0 Å². The largest absolute Gasteiger partial charge is 0.273 e. The predicted octanol–water partition coefficient (Wildman–Crippen LogP) is 2.44. The lowest BCUT2D eigenvalue weighted by Gasteiger charge is -2.28. The quantitative estimate of drug-likeness (QED) is 0.643. The molecule has 7 heteroatoms. The van der Waals surface area contributed by atoms with Gasteiger partial charge in [-0.25, -0.2) is 8.42 Å². The van der Waals surface area contributed by atoms with Crippen molar-refractivity contribution in [2.45, 2.75) is 18.8 Å². The van der Waals surface area contributed by atoms with Crippen molar-refractivity contribution in [3.63, 3.8) is 0 Å². The lowest BCUT2D eigenvalue weighted by Crippen LogP contribution is -2.35. The molecule has 0 aromatic heterocycles. The van der Waals surface area contributed by atoms with Crippen LogP contribution in [0.2, 0.25) is 0 Å². The topological polar surface area (TPSA) is 80.5 Å². The number of nitro benzene ring substituents is 1. The molecule has 0 aliphatic carbocycles. The van der Waals surface area contributed by atoms with Crippen LogP contribution in [0.4, 0.5) is 5.69 Å². The average molecular weight is 318 g/mol. The average Bonchev–Trinajstić information content (AvgIpc) is 2.48. The number of rotatable bonds is 3. The van der Waals surface area contributed by atoms with Gasteiger partial charge in [-0.1, -0.05) is 42.5 Å². The Hall–Kier alpha value is -2.25. The van der Waals surface area contributed by atoms with Gasteiger partial charge in [-0.05, 0) is 11.1 Å². The molecule has 1 aliphatic heterocycles. The summed E-state index contributed by atoms with van der Waals surface area (Å²) in [7, 11) is -3.56. The molecule has 0 spiro atoms. The second kappa shape index (κ2) is 5.51. The van der Waals surface area contributed by atoms with Gasteiger partial charge >= 0.3 is 0 Å². The summed E-state index contributed by atoms with van der Waals surface area (Å²) in [6.45, 7) is 0.430. The third-order valence-corrected chi connectivity index (χ3v) is 5.41. The SMILES string of the molecule is O=[N+]([O-])c1cccc2c1CS(=O)(=O)N(Cc1ccccc1)C2. The summed E-state index contributed by atoms with van der Waals surface area (Å²) < 4.78 is 26.2. The Morgan fingerprint density at radius 3 is 2.50 bits per heavy atom. The minimum absolute atomic E-state index is 0.125. The summed E-state index contributed by atoms with van der Waals surface area (Å²) in [5.41, 5.74) is 1.76. The molecule has 0 N–H and O–H groups in total. The molecule has 0 saturated heterocycles. The molecule has 0 atom stereocenters. The van der Waals surface area contributed by atoms with E-state index in [1.165, 1.54) is 10.4 Å². The van der Waals surface area contributed by atoms with Crippen molar-refractivity contribution in [2.75, 3.05) is 0 Å². The summed E-state index contributed by atoms with van der Waals surface area (Å²) in [5, 5.41) is 11.1. The fourth-order valence-electron chi connectivity index (χ4n) is 2.61. The summed E-state index contributed by atoms with van der Waals surface area (Å²) in [6.07, 6.45) is 0. The molecule has 2 aromatic rings. The summed E-state index contributed by atoms with van der Waals surface area (Å²) in [4.78, 5) is 10.5. The fourth-order valence-corrected chi connectivity index (χ4v) is 4.17. The highest BCUT2D eigenvalue weighted by atomic mass is 32.2. The van der Waals surface area contributed by atoms with Gasteiger partial charge in [-0.15, -0.1) is 0 Å². The highest BCUT2D eigenvalue weighted by Gasteiger charge is 2.33. The van der Waals surface area contributed by atoms with Crippen molar-refractivity contribution in [1.29, 1.82) is 0 Å². The van der Waals surface area contributed by atoms with Crippen LogP contribution in [-0.2, 0) is 28.9 Å². The highest BCUT2D eigenvalue weighted by molar-refractivity contribution is 7.88. The number of sulfonamides is 1. The first-order chi connectivity index (χ1) is 10.5. The first kappa shape index (κ1) is 14.7. The van der Waals surface area contributed by atoms with Crippen LogP contribution in [0.25, 0.3) is 0 Å². The minimum atomic E-state index is -3.56. The molecule has 22 heavy (non-hydrogen) atoms. The zero-order valence-corrected chi connectivity index (χ0v) is 12.5. The predicted molar refractivity (Wildman–Crippen MR) is 81.4 cm³/mol. The van der Waals surface area contributed by atoms with Crippen LogP contribution in [0, 0.1) is 10.1 Å². The Labute approximate surface area is 128 Å². The molecule has 3 rings (SSSR count). The van der Waals surface area contributed by atoms with Crippen LogP contribution >= 0.6 is 0 Å². The van der Waals surface area contributed by atoms with Gasteiger partial charge in [0.15, 0.2) is 0 Å². The van der Waals surface area contributed by atoms with Gasteiger partial charge in [-0.3, -0.25) is 10.1 Å². The first-order valence-corrected chi connectivity index (χ1v) is 8.35. The third kappa shape index (κ3) is 2.72. The van der Waals surface area contributed by atoms with Gasteiger partial charge in [-0.2, -0.15) is 4.31 Å². The molecule has 0 unspecified atom stereocenters. The van der Waals surface area contributed by atoms with E-state index in [0.29, 0.717) is 11.1 Å². The van der Waals surface area contributed by atoms with Crippen LogP contribution in [0.5, 0.6) is 0 Å². The summed E-state index contributed by atoms with van der Waals surface area (Å²) in [5.74, 6) is -0.327. The van der Waals surface area contributed by atoms with Gasteiger partial charge in [0.05, 0.1) is 16.2 Å². The fraction of sp³-hybridized carbons (Fsp3) is 0.200. The standard InChI is InChI=1S/C15H14N2O4S/c18-17(19)15-8-4-7-13-10-16(22(20,21)11-14(13)15)9-12-5-2-1-3-6-12/h1-8H,9-11H2. The first-order valence-electron chi connectivity index (χ1n) is 6.74. The smallest absolute Gasteiger partial charge is 0.258 e. The number of nitro groups is 1. The van der Waals surface area contributed by atoms with Crippen LogP contribution in [0.15, 0.2) is 48.5 Å². The van der Waals surface area contributed by atoms with Crippen LogP contribution in [0.3, 0.4) is 0 Å². The maximum atomic E-state index is 12.4. The Bertz CT molecular complexity index is 819. The molecule has 0 fully saturated rings. The van der Waals surface area contributed by atoms with E-state index in [1.807, 2.05) is 30.3 Å². The lowest BCUT2D eigenvalue weighted by molar-refractivity contribution is -0.385. The Balaban J connectivity index is 1.97. The van der Waals surface area contributed by atoms with Gasteiger partial charge in [0.1, 0.15) is 0 Å². The van der Waals surface area contributed by atoms with Gasteiger partial charge in [0.25, 0.3) is 5.69 Å². The molecule has 0 amide bonds. The molecule has 0 bridgehead atoms. The van der Waals surface area contributed by atoms with Crippen molar-refractivity contribution in [1.82, 2.24) is 4.31 Å². The number of benzene rings is 2. The van der Waals surface area contributed by atoms with Gasteiger partial charge in [0.2, 0.25) is 10.0 Å². The summed E-state index contributed by atoms with van der Waals surface area (Å²) >= 11 is 0. The zero-order chi connectivity index (χ0) is 15.7. The molecule has 1 aliphatic rings. The molecule has 114 valence electrons. The normalized spacial score (nSPS) is 16.9. The highest BCUT2D eigenvalue weighted by Crippen LogP contribution is 2.32. The van der Waals surface area contributed by atoms with E-state index < -0.39 is 14.9 Å². The second-order valence-electron chi connectivity index (χ2n) is 5.18. The number of fused-ring (bicyclic) bond motifs is 1. The van der Waals surface area contributed by atoms with Crippen molar-refractivity contribution >= 4 is 15.7 Å². The van der Waals surface area contributed by atoms with Crippen molar-refractivity contribution in [3.8, 4) is 0 Å². The van der Waals surface area contributed by atoms with Crippen LogP contribution < -0.4 is 0 Å². The van der Waals surface area contributed by atoms with Crippen LogP contribution in [-0.4, -0.2) is 17.6 Å². The Kier molecular flexibility index (Phi) is 3.67. The van der Waals surface area contributed by atoms with Gasteiger partial charge in [0, 0.05) is 19.2 Å². The van der Waals surface area contributed by atoms with E-state index in [1.54, 1.807) is 12.1 Å². The molecule has 0 saturated carbocycles. The molecular weight excluding hydrogens is 304 g/mol. The van der Waals surface area contributed by atoms with E-state index in [-0.39, 0.29) is 24.5 Å². The van der Waals surface area contributed by atoms with E-state index in [0.717, 1.165) is 5.56 Å². The Morgan fingerprint density at radius 1 is 1.09 bits per heavy atom.